The topological polar surface area (TPSA) is 18.5 Å². The minimum Gasteiger partial charge on any atom is -0.496 e. The molecule has 0 saturated carbocycles. The van der Waals surface area contributed by atoms with Crippen LogP contribution < -0.4 is 9.47 Å². The Balaban J connectivity index is 1.80. The van der Waals surface area contributed by atoms with Gasteiger partial charge in [0.25, 0.3) is 0 Å². The number of benzene rings is 4. The molecule has 0 amide bonds. The normalized spacial score (nSPS) is 10.6. The molecule has 3 heteroatoms. The standard InChI is InChI=1S/C26H22O2S/c1-27-23-15-7-3-11-19(23)21-13-5-9-17-25(21)29-26-18-10-6-14-22(26)20-12-4-8-16-24(20)28-2/h3-18H,1-2H3. The molecule has 0 saturated heterocycles. The molecule has 4 aromatic carbocycles. The lowest BCUT2D eigenvalue weighted by molar-refractivity contribution is 0.416. The van der Waals surface area contributed by atoms with E-state index in [9.17, 15) is 0 Å². The van der Waals surface area contributed by atoms with Gasteiger partial charge < -0.3 is 9.47 Å². The smallest absolute Gasteiger partial charge is 0.126 e. The summed E-state index contributed by atoms with van der Waals surface area (Å²) in [6.45, 7) is 0. The van der Waals surface area contributed by atoms with E-state index in [1.54, 1.807) is 26.0 Å². The average Bonchev–Trinajstić information content (AvgIpc) is 2.80. The third kappa shape index (κ3) is 4.01. The van der Waals surface area contributed by atoms with Crippen LogP contribution in [0.25, 0.3) is 22.3 Å². The average molecular weight is 399 g/mol. The van der Waals surface area contributed by atoms with E-state index in [2.05, 4.69) is 60.7 Å². The summed E-state index contributed by atoms with van der Waals surface area (Å²) in [5.74, 6) is 1.75. The highest BCUT2D eigenvalue weighted by Gasteiger charge is 2.14. The molecule has 0 aliphatic rings. The Kier molecular flexibility index (Phi) is 5.87. The lowest BCUT2D eigenvalue weighted by Gasteiger charge is -2.15. The fraction of sp³-hybridized carbons (Fsp3) is 0.0769. The molecule has 0 atom stereocenters. The summed E-state index contributed by atoms with van der Waals surface area (Å²) in [5, 5.41) is 0. The Bertz CT molecular complexity index is 1030. The Morgan fingerprint density at radius 2 is 0.793 bits per heavy atom. The van der Waals surface area contributed by atoms with Gasteiger partial charge in [-0.2, -0.15) is 0 Å². The first-order valence-corrected chi connectivity index (χ1v) is 10.3. The van der Waals surface area contributed by atoms with Gasteiger partial charge in [-0.3, -0.25) is 0 Å². The highest BCUT2D eigenvalue weighted by molar-refractivity contribution is 7.99. The van der Waals surface area contributed by atoms with Gasteiger partial charge in [-0.25, -0.2) is 0 Å². The molecule has 0 N–H and O–H groups in total. The molecule has 4 rings (SSSR count). The van der Waals surface area contributed by atoms with Crippen molar-refractivity contribution < 1.29 is 9.47 Å². The van der Waals surface area contributed by atoms with Crippen LogP contribution in [0.5, 0.6) is 11.5 Å². The van der Waals surface area contributed by atoms with Crippen LogP contribution >= 0.6 is 11.8 Å². The van der Waals surface area contributed by atoms with Crippen LogP contribution in [-0.4, -0.2) is 14.2 Å². The molecular weight excluding hydrogens is 376 g/mol. The summed E-state index contributed by atoms with van der Waals surface area (Å²) in [4.78, 5) is 2.36. The number of hydrogen-bond acceptors (Lipinski definition) is 3. The molecule has 29 heavy (non-hydrogen) atoms. The van der Waals surface area contributed by atoms with Crippen molar-refractivity contribution in [3.63, 3.8) is 0 Å². The van der Waals surface area contributed by atoms with Crippen LogP contribution in [0, 0.1) is 0 Å². The molecule has 0 radical (unpaired) electrons. The number of rotatable bonds is 6. The second kappa shape index (κ2) is 8.89. The molecule has 0 heterocycles. The van der Waals surface area contributed by atoms with E-state index in [4.69, 9.17) is 9.47 Å². The third-order valence-electron chi connectivity index (χ3n) is 4.79. The molecule has 0 bridgehead atoms. The van der Waals surface area contributed by atoms with Crippen LogP contribution in [-0.2, 0) is 0 Å². The summed E-state index contributed by atoms with van der Waals surface area (Å²) in [6.07, 6.45) is 0. The summed E-state index contributed by atoms with van der Waals surface area (Å²) in [7, 11) is 3.43. The molecule has 0 unspecified atom stereocenters. The summed E-state index contributed by atoms with van der Waals surface area (Å²) < 4.78 is 11.2. The van der Waals surface area contributed by atoms with Gasteiger partial charge in [0.2, 0.25) is 0 Å². The number of hydrogen-bond donors (Lipinski definition) is 0. The number of methoxy groups -OCH3 is 2. The van der Waals surface area contributed by atoms with Crippen molar-refractivity contribution in [2.24, 2.45) is 0 Å². The number of para-hydroxylation sites is 2. The lowest BCUT2D eigenvalue weighted by atomic mass is 10.0. The van der Waals surface area contributed by atoms with Crippen molar-refractivity contribution in [1.29, 1.82) is 0 Å². The van der Waals surface area contributed by atoms with E-state index in [1.807, 2.05) is 36.4 Å². The predicted molar refractivity (Wildman–Crippen MR) is 121 cm³/mol. The van der Waals surface area contributed by atoms with Crippen molar-refractivity contribution >= 4 is 11.8 Å². The zero-order valence-electron chi connectivity index (χ0n) is 16.5. The molecule has 0 aromatic heterocycles. The SMILES string of the molecule is COc1ccccc1-c1ccccc1Sc1ccccc1-c1ccccc1OC. The van der Waals surface area contributed by atoms with Crippen molar-refractivity contribution in [2.45, 2.75) is 9.79 Å². The summed E-state index contributed by atoms with van der Waals surface area (Å²) >= 11 is 1.76. The van der Waals surface area contributed by atoms with E-state index < -0.39 is 0 Å². The first-order valence-electron chi connectivity index (χ1n) is 9.44. The quantitative estimate of drug-likeness (QED) is 0.342. The Labute approximate surface area is 176 Å². The van der Waals surface area contributed by atoms with Gasteiger partial charge in [-0.05, 0) is 35.4 Å². The maximum atomic E-state index is 5.60. The molecule has 0 spiro atoms. The van der Waals surface area contributed by atoms with Crippen LogP contribution in [0.15, 0.2) is 107 Å². The molecule has 144 valence electrons. The zero-order chi connectivity index (χ0) is 20.1. The van der Waals surface area contributed by atoms with Crippen LogP contribution in [0.3, 0.4) is 0 Å². The van der Waals surface area contributed by atoms with Crippen molar-refractivity contribution in [3.8, 4) is 33.8 Å². The van der Waals surface area contributed by atoms with Crippen LogP contribution in [0.1, 0.15) is 0 Å². The second-order valence-corrected chi connectivity index (χ2v) is 7.58. The van der Waals surface area contributed by atoms with Gasteiger partial charge in [0, 0.05) is 20.9 Å². The summed E-state index contributed by atoms with van der Waals surface area (Å²) in [5.41, 5.74) is 4.50. The Morgan fingerprint density at radius 3 is 1.21 bits per heavy atom. The molecular formula is C26H22O2S. The van der Waals surface area contributed by atoms with Gasteiger partial charge in [0.1, 0.15) is 11.5 Å². The Hall–Kier alpha value is -3.17. The van der Waals surface area contributed by atoms with Crippen molar-refractivity contribution in [3.05, 3.63) is 97.1 Å². The van der Waals surface area contributed by atoms with E-state index >= 15 is 0 Å². The highest BCUT2D eigenvalue weighted by Crippen LogP contribution is 2.43. The minimum atomic E-state index is 0.874. The molecule has 0 aliphatic carbocycles. The van der Waals surface area contributed by atoms with Gasteiger partial charge in [0.05, 0.1) is 14.2 Å². The minimum absolute atomic E-state index is 0.874. The summed E-state index contributed by atoms with van der Waals surface area (Å²) in [6, 6.07) is 33.2. The maximum Gasteiger partial charge on any atom is 0.126 e. The highest BCUT2D eigenvalue weighted by atomic mass is 32.2. The lowest BCUT2D eigenvalue weighted by Crippen LogP contribution is -1.91. The van der Waals surface area contributed by atoms with Crippen LogP contribution in [0.4, 0.5) is 0 Å². The van der Waals surface area contributed by atoms with E-state index in [1.165, 1.54) is 9.79 Å². The van der Waals surface area contributed by atoms with Gasteiger partial charge >= 0.3 is 0 Å². The molecule has 2 nitrogen and oxygen atoms in total. The molecule has 0 aliphatic heterocycles. The fourth-order valence-corrected chi connectivity index (χ4v) is 4.52. The van der Waals surface area contributed by atoms with Gasteiger partial charge in [0.15, 0.2) is 0 Å². The van der Waals surface area contributed by atoms with E-state index in [0.29, 0.717) is 0 Å². The van der Waals surface area contributed by atoms with Crippen molar-refractivity contribution in [2.75, 3.05) is 14.2 Å². The predicted octanol–water partition coefficient (Wildman–Crippen LogP) is 7.19. The van der Waals surface area contributed by atoms with E-state index in [0.717, 1.165) is 33.8 Å². The molecule has 4 aromatic rings. The second-order valence-electron chi connectivity index (χ2n) is 6.49. The third-order valence-corrected chi connectivity index (χ3v) is 5.94. The first kappa shape index (κ1) is 19.2. The van der Waals surface area contributed by atoms with Crippen molar-refractivity contribution in [1.82, 2.24) is 0 Å². The zero-order valence-corrected chi connectivity index (χ0v) is 17.3. The monoisotopic (exact) mass is 398 g/mol. The van der Waals surface area contributed by atoms with Gasteiger partial charge in [-0.1, -0.05) is 84.6 Å². The fourth-order valence-electron chi connectivity index (χ4n) is 3.41. The first-order chi connectivity index (χ1) is 14.3. The molecule has 0 fully saturated rings. The Morgan fingerprint density at radius 1 is 0.448 bits per heavy atom. The number of ether oxygens (including phenoxy) is 2. The largest absolute Gasteiger partial charge is 0.496 e. The van der Waals surface area contributed by atoms with Crippen LogP contribution in [0.2, 0.25) is 0 Å². The van der Waals surface area contributed by atoms with E-state index in [-0.39, 0.29) is 0 Å². The van der Waals surface area contributed by atoms with Gasteiger partial charge in [-0.15, -0.1) is 0 Å². The maximum absolute atomic E-state index is 5.60.